The summed E-state index contributed by atoms with van der Waals surface area (Å²) >= 11 is 0. The number of aromatic amines is 1. The number of hydrogen-bond donors (Lipinski definition) is 3. The van der Waals surface area contributed by atoms with Gasteiger partial charge in [0.15, 0.2) is 0 Å². The summed E-state index contributed by atoms with van der Waals surface area (Å²) in [6.07, 6.45) is 1.47. The summed E-state index contributed by atoms with van der Waals surface area (Å²) in [7, 11) is 0. The van der Waals surface area contributed by atoms with E-state index in [1.807, 2.05) is 6.07 Å². The van der Waals surface area contributed by atoms with E-state index in [9.17, 15) is 14.0 Å². The van der Waals surface area contributed by atoms with Gasteiger partial charge in [-0.3, -0.25) is 4.79 Å². The van der Waals surface area contributed by atoms with Gasteiger partial charge < -0.3 is 15.4 Å². The minimum absolute atomic E-state index is 0.0107. The lowest BCUT2D eigenvalue weighted by Gasteiger charge is -2.12. The zero-order chi connectivity index (χ0) is 15.6. The first-order chi connectivity index (χ1) is 9.92. The number of hydrogen-bond acceptors (Lipinski definition) is 3. The molecule has 0 saturated heterocycles. The molecule has 1 heterocycles. The minimum atomic E-state index is -1.18. The number of aromatic nitrogens is 1. The monoisotopic (exact) mass is 289 g/mol. The van der Waals surface area contributed by atoms with Gasteiger partial charge in [0.25, 0.3) is 0 Å². The zero-order valence-electron chi connectivity index (χ0n) is 11.1. The molecular formula is C14H12FN3O3. The molecule has 0 fully saturated rings. The van der Waals surface area contributed by atoms with E-state index in [4.69, 9.17) is 10.4 Å². The molecule has 108 valence electrons. The molecular weight excluding hydrogens is 277 g/mol. The second kappa shape index (κ2) is 5.63. The highest BCUT2D eigenvalue weighted by Crippen LogP contribution is 2.24. The standard InChI is InChI=1S/C14H12FN3O3/c1-7(19)18-12(14(20)21)4-9-6-17-13-10(9)2-8(5-16)3-11(13)15/h2-3,6,12,17H,4H2,1H3,(H,18,19)(H,20,21). The van der Waals surface area contributed by atoms with Gasteiger partial charge in [-0.2, -0.15) is 5.26 Å². The molecule has 2 aromatic rings. The zero-order valence-corrected chi connectivity index (χ0v) is 11.1. The van der Waals surface area contributed by atoms with Gasteiger partial charge in [0.05, 0.1) is 17.1 Å². The normalized spacial score (nSPS) is 11.9. The summed E-state index contributed by atoms with van der Waals surface area (Å²) in [5.41, 5.74) is 0.866. The molecule has 0 bridgehead atoms. The minimum Gasteiger partial charge on any atom is -0.480 e. The highest BCUT2D eigenvalue weighted by Gasteiger charge is 2.21. The van der Waals surface area contributed by atoms with E-state index in [1.54, 1.807) is 0 Å². The average molecular weight is 289 g/mol. The second-order valence-corrected chi connectivity index (χ2v) is 4.60. The Hall–Kier alpha value is -2.88. The van der Waals surface area contributed by atoms with Crippen molar-refractivity contribution in [1.82, 2.24) is 10.3 Å². The van der Waals surface area contributed by atoms with E-state index in [0.717, 1.165) is 6.07 Å². The number of halogens is 1. The number of aliphatic carboxylic acids is 1. The number of fused-ring (bicyclic) bond motifs is 1. The van der Waals surface area contributed by atoms with E-state index in [2.05, 4.69) is 10.3 Å². The van der Waals surface area contributed by atoms with E-state index in [1.165, 1.54) is 19.2 Å². The quantitative estimate of drug-likeness (QED) is 0.789. The Balaban J connectivity index is 2.42. The van der Waals surface area contributed by atoms with Crippen LogP contribution in [0.4, 0.5) is 4.39 Å². The number of carboxylic acids is 1. The Bertz CT molecular complexity index is 761. The molecule has 0 aliphatic rings. The van der Waals surface area contributed by atoms with Crippen molar-refractivity contribution in [2.45, 2.75) is 19.4 Å². The first-order valence-electron chi connectivity index (χ1n) is 6.12. The van der Waals surface area contributed by atoms with Crippen molar-refractivity contribution in [2.24, 2.45) is 0 Å². The number of carboxylic acid groups (broad SMARTS) is 1. The summed E-state index contributed by atoms with van der Waals surface area (Å²) in [5, 5.41) is 20.7. The summed E-state index contributed by atoms with van der Waals surface area (Å²) in [5.74, 6) is -2.23. The first kappa shape index (κ1) is 14.5. The number of carbonyl (C=O) groups excluding carboxylic acids is 1. The molecule has 0 saturated carbocycles. The number of rotatable bonds is 4. The van der Waals surface area contributed by atoms with Crippen molar-refractivity contribution < 1.29 is 19.1 Å². The number of nitrogens with one attached hydrogen (secondary N) is 2. The van der Waals surface area contributed by atoms with Gasteiger partial charge in [-0.1, -0.05) is 0 Å². The van der Waals surface area contributed by atoms with E-state index < -0.39 is 23.7 Å². The number of benzene rings is 1. The van der Waals surface area contributed by atoms with Crippen LogP contribution >= 0.6 is 0 Å². The molecule has 0 aliphatic carbocycles. The van der Waals surface area contributed by atoms with Crippen LogP contribution in [0.3, 0.4) is 0 Å². The molecule has 3 N–H and O–H groups in total. The molecule has 0 aliphatic heterocycles. The van der Waals surface area contributed by atoms with Gasteiger partial charge in [0.2, 0.25) is 5.91 Å². The molecule has 6 nitrogen and oxygen atoms in total. The summed E-state index contributed by atoms with van der Waals surface area (Å²) in [6.45, 7) is 1.22. The van der Waals surface area contributed by atoms with Crippen molar-refractivity contribution in [2.75, 3.05) is 0 Å². The third-order valence-electron chi connectivity index (χ3n) is 3.06. The smallest absolute Gasteiger partial charge is 0.326 e. The molecule has 0 radical (unpaired) electrons. The van der Waals surface area contributed by atoms with Gasteiger partial charge in [0.1, 0.15) is 11.9 Å². The largest absolute Gasteiger partial charge is 0.480 e. The Morgan fingerprint density at radius 3 is 2.81 bits per heavy atom. The van der Waals surface area contributed by atoms with Crippen LogP contribution in [-0.4, -0.2) is 28.0 Å². The molecule has 7 heteroatoms. The Kier molecular flexibility index (Phi) is 3.89. The van der Waals surface area contributed by atoms with Gasteiger partial charge in [-0.15, -0.1) is 0 Å². The molecule has 1 unspecified atom stereocenters. The highest BCUT2D eigenvalue weighted by atomic mass is 19.1. The molecule has 21 heavy (non-hydrogen) atoms. The number of nitrogens with zero attached hydrogens (tertiary/aromatic N) is 1. The van der Waals surface area contributed by atoms with E-state index >= 15 is 0 Å². The fourth-order valence-corrected chi connectivity index (χ4v) is 2.14. The molecule has 0 spiro atoms. The molecule has 1 atom stereocenters. The van der Waals surface area contributed by atoms with Gasteiger partial charge >= 0.3 is 5.97 Å². The van der Waals surface area contributed by atoms with Crippen LogP contribution in [0.1, 0.15) is 18.1 Å². The van der Waals surface area contributed by atoms with Crippen LogP contribution in [-0.2, 0) is 16.0 Å². The molecule has 2 rings (SSSR count). The van der Waals surface area contributed by atoms with Crippen LogP contribution in [0.25, 0.3) is 10.9 Å². The fraction of sp³-hybridized carbons (Fsp3) is 0.214. The first-order valence-corrected chi connectivity index (χ1v) is 6.12. The van der Waals surface area contributed by atoms with Crippen molar-refractivity contribution in [1.29, 1.82) is 5.26 Å². The van der Waals surface area contributed by atoms with Crippen LogP contribution in [0.2, 0.25) is 0 Å². The Labute approximate surface area is 119 Å². The maximum absolute atomic E-state index is 13.8. The molecule has 1 aromatic carbocycles. The van der Waals surface area contributed by atoms with Crippen molar-refractivity contribution >= 4 is 22.8 Å². The lowest BCUT2D eigenvalue weighted by molar-refractivity contribution is -0.141. The van der Waals surface area contributed by atoms with Crippen LogP contribution in [0, 0.1) is 17.1 Å². The summed E-state index contributed by atoms with van der Waals surface area (Å²) < 4.78 is 13.8. The number of carbonyl (C=O) groups is 2. The number of H-pyrrole nitrogens is 1. The summed E-state index contributed by atoms with van der Waals surface area (Å²) in [6, 6.07) is 3.32. The topological polar surface area (TPSA) is 106 Å². The predicted octanol–water partition coefficient (Wildman–Crippen LogP) is 1.31. The maximum Gasteiger partial charge on any atom is 0.326 e. The lowest BCUT2D eigenvalue weighted by Crippen LogP contribution is -2.41. The Morgan fingerprint density at radius 2 is 2.24 bits per heavy atom. The molecule has 1 aromatic heterocycles. The van der Waals surface area contributed by atoms with Gasteiger partial charge in [-0.05, 0) is 17.7 Å². The van der Waals surface area contributed by atoms with Crippen LogP contribution in [0.15, 0.2) is 18.3 Å². The van der Waals surface area contributed by atoms with Gasteiger partial charge in [-0.25, -0.2) is 9.18 Å². The van der Waals surface area contributed by atoms with Gasteiger partial charge in [0, 0.05) is 24.9 Å². The average Bonchev–Trinajstić information content (AvgIpc) is 2.81. The predicted molar refractivity (Wildman–Crippen MR) is 71.9 cm³/mol. The van der Waals surface area contributed by atoms with Crippen LogP contribution in [0.5, 0.6) is 0 Å². The Morgan fingerprint density at radius 1 is 1.52 bits per heavy atom. The maximum atomic E-state index is 13.8. The van der Waals surface area contributed by atoms with Crippen molar-refractivity contribution in [3.63, 3.8) is 0 Å². The SMILES string of the molecule is CC(=O)NC(Cc1c[nH]c2c(F)cc(C#N)cc12)C(=O)O. The van der Waals surface area contributed by atoms with E-state index in [-0.39, 0.29) is 17.5 Å². The lowest BCUT2D eigenvalue weighted by atomic mass is 10.0. The van der Waals surface area contributed by atoms with Crippen molar-refractivity contribution in [3.8, 4) is 6.07 Å². The third-order valence-corrected chi connectivity index (χ3v) is 3.06. The van der Waals surface area contributed by atoms with E-state index in [0.29, 0.717) is 10.9 Å². The summed E-state index contributed by atoms with van der Waals surface area (Å²) in [4.78, 5) is 24.9. The third kappa shape index (κ3) is 3.00. The number of nitriles is 1. The fourth-order valence-electron chi connectivity index (χ4n) is 2.14. The number of amides is 1. The molecule has 1 amide bonds. The van der Waals surface area contributed by atoms with Crippen LogP contribution < -0.4 is 5.32 Å². The second-order valence-electron chi connectivity index (χ2n) is 4.60. The van der Waals surface area contributed by atoms with Crippen molar-refractivity contribution in [3.05, 3.63) is 35.3 Å². The highest BCUT2D eigenvalue weighted by molar-refractivity contribution is 5.87.